The van der Waals surface area contributed by atoms with Crippen molar-refractivity contribution in [1.82, 2.24) is 5.32 Å². The van der Waals surface area contributed by atoms with E-state index < -0.39 is 12.0 Å². The van der Waals surface area contributed by atoms with Crippen LogP contribution in [0.1, 0.15) is 27.6 Å². The van der Waals surface area contributed by atoms with Crippen LogP contribution in [0.2, 0.25) is 0 Å². The van der Waals surface area contributed by atoms with Crippen molar-refractivity contribution in [2.45, 2.75) is 13.0 Å². The molecule has 2 N–H and O–H groups in total. The minimum atomic E-state index is -1.09. The van der Waals surface area contributed by atoms with Crippen molar-refractivity contribution in [2.24, 2.45) is 0 Å². The van der Waals surface area contributed by atoms with Crippen LogP contribution in [-0.4, -0.2) is 28.7 Å². The number of hydrogen-bond acceptors (Lipinski definition) is 4. The van der Waals surface area contributed by atoms with E-state index in [0.29, 0.717) is 11.1 Å². The van der Waals surface area contributed by atoms with E-state index in [0.717, 1.165) is 6.08 Å². The highest BCUT2D eigenvalue weighted by atomic mass is 16.4. The van der Waals surface area contributed by atoms with Crippen LogP contribution in [0.4, 0.5) is 0 Å². The van der Waals surface area contributed by atoms with E-state index in [1.165, 1.54) is 6.92 Å². The van der Waals surface area contributed by atoms with Gasteiger partial charge in [0.1, 0.15) is 6.04 Å². The highest BCUT2D eigenvalue weighted by molar-refractivity contribution is 6.24. The van der Waals surface area contributed by atoms with Gasteiger partial charge in [-0.25, -0.2) is 0 Å². The molecular formula is C13H11NO4. The number of rotatable bonds is 3. The van der Waals surface area contributed by atoms with Gasteiger partial charge in [-0.05, 0) is 6.92 Å². The van der Waals surface area contributed by atoms with Crippen LogP contribution in [0, 0.1) is 0 Å². The third kappa shape index (κ3) is 2.02. The highest BCUT2D eigenvalue weighted by Crippen LogP contribution is 2.19. The molecule has 0 amide bonds. The summed E-state index contributed by atoms with van der Waals surface area (Å²) >= 11 is 0. The summed E-state index contributed by atoms with van der Waals surface area (Å²) < 4.78 is 0. The molecule has 0 aromatic heterocycles. The number of hydrogen-bond donors (Lipinski definition) is 2. The van der Waals surface area contributed by atoms with Crippen molar-refractivity contribution < 1.29 is 19.5 Å². The second-order valence-corrected chi connectivity index (χ2v) is 4.00. The molecule has 18 heavy (non-hydrogen) atoms. The van der Waals surface area contributed by atoms with Gasteiger partial charge in [-0.3, -0.25) is 14.4 Å². The summed E-state index contributed by atoms with van der Waals surface area (Å²) in [7, 11) is 0. The lowest BCUT2D eigenvalue weighted by molar-refractivity contribution is -0.138. The van der Waals surface area contributed by atoms with Gasteiger partial charge in [-0.15, -0.1) is 0 Å². The second-order valence-electron chi connectivity index (χ2n) is 4.00. The van der Waals surface area contributed by atoms with Crippen LogP contribution in [0.3, 0.4) is 0 Å². The standard InChI is InChI=1S/C13H11NO4/c1-7(13(17)18)14-10-6-11(15)8-4-2-3-5-9(8)12(10)16/h2-7,14H,1H3,(H,17,18)/t7-/m0/s1. The molecule has 2 rings (SSSR count). The fourth-order valence-electron chi connectivity index (χ4n) is 1.72. The summed E-state index contributed by atoms with van der Waals surface area (Å²) in [5, 5.41) is 11.3. The predicted molar refractivity (Wildman–Crippen MR) is 63.4 cm³/mol. The van der Waals surface area contributed by atoms with Crippen LogP contribution in [0.15, 0.2) is 36.0 Å². The maximum atomic E-state index is 12.0. The van der Waals surface area contributed by atoms with E-state index in [9.17, 15) is 14.4 Å². The molecule has 0 aliphatic heterocycles. The molecule has 1 aliphatic rings. The Morgan fingerprint density at radius 2 is 1.83 bits per heavy atom. The third-order valence-corrected chi connectivity index (χ3v) is 2.70. The van der Waals surface area contributed by atoms with Crippen molar-refractivity contribution >= 4 is 17.5 Å². The Labute approximate surface area is 103 Å². The van der Waals surface area contributed by atoms with Gasteiger partial charge in [-0.2, -0.15) is 0 Å². The molecule has 0 bridgehead atoms. The average Bonchev–Trinajstić information content (AvgIpc) is 2.35. The first-order valence-corrected chi connectivity index (χ1v) is 5.40. The van der Waals surface area contributed by atoms with Crippen molar-refractivity contribution in [2.75, 3.05) is 0 Å². The molecular weight excluding hydrogens is 234 g/mol. The van der Waals surface area contributed by atoms with Crippen molar-refractivity contribution in [3.63, 3.8) is 0 Å². The van der Waals surface area contributed by atoms with Crippen LogP contribution in [0.5, 0.6) is 0 Å². The molecule has 0 radical (unpaired) electrons. The van der Waals surface area contributed by atoms with Crippen LogP contribution in [0.25, 0.3) is 0 Å². The second kappa shape index (κ2) is 4.44. The molecule has 1 aromatic carbocycles. The number of aliphatic carboxylic acids is 1. The van der Waals surface area contributed by atoms with Gasteiger partial charge in [0.25, 0.3) is 0 Å². The van der Waals surface area contributed by atoms with Gasteiger partial charge in [0.15, 0.2) is 5.78 Å². The zero-order valence-electron chi connectivity index (χ0n) is 9.64. The van der Waals surface area contributed by atoms with Gasteiger partial charge in [0, 0.05) is 17.2 Å². The summed E-state index contributed by atoms with van der Waals surface area (Å²) in [6, 6.07) is 5.53. The third-order valence-electron chi connectivity index (χ3n) is 2.70. The van der Waals surface area contributed by atoms with E-state index in [2.05, 4.69) is 5.32 Å². The lowest BCUT2D eigenvalue weighted by Crippen LogP contribution is -2.37. The number of carboxylic acids is 1. The molecule has 0 saturated carbocycles. The molecule has 0 fully saturated rings. The maximum absolute atomic E-state index is 12.0. The number of carboxylic acid groups (broad SMARTS) is 1. The topological polar surface area (TPSA) is 83.5 Å². The molecule has 1 aliphatic carbocycles. The molecule has 5 heteroatoms. The van der Waals surface area contributed by atoms with Gasteiger partial charge >= 0.3 is 5.97 Å². The average molecular weight is 245 g/mol. The Morgan fingerprint density at radius 3 is 2.44 bits per heavy atom. The fraction of sp³-hybridized carbons (Fsp3) is 0.154. The number of Topliss-reactive ketones (excluding diaryl/α,β-unsaturated/α-hetero) is 1. The zero-order valence-corrected chi connectivity index (χ0v) is 9.64. The number of carbonyl (C=O) groups is 3. The lowest BCUT2D eigenvalue weighted by Gasteiger charge is -2.18. The van der Waals surface area contributed by atoms with E-state index in [4.69, 9.17) is 5.11 Å². The van der Waals surface area contributed by atoms with Crippen LogP contribution in [-0.2, 0) is 4.79 Å². The van der Waals surface area contributed by atoms with Crippen LogP contribution < -0.4 is 5.32 Å². The first-order valence-electron chi connectivity index (χ1n) is 5.40. The first-order chi connectivity index (χ1) is 8.50. The summed E-state index contributed by atoms with van der Waals surface area (Å²) in [6.07, 6.45) is 1.14. The normalized spacial score (nSPS) is 15.7. The number of fused-ring (bicyclic) bond motifs is 1. The highest BCUT2D eigenvalue weighted by Gasteiger charge is 2.26. The zero-order chi connectivity index (χ0) is 13.3. The monoisotopic (exact) mass is 245 g/mol. The molecule has 5 nitrogen and oxygen atoms in total. The van der Waals surface area contributed by atoms with Gasteiger partial charge < -0.3 is 10.4 Å². The first kappa shape index (κ1) is 12.0. The molecule has 1 aromatic rings. The number of allylic oxidation sites excluding steroid dienone is 2. The number of ketones is 2. The summed E-state index contributed by atoms with van der Waals surface area (Å²) in [6.45, 7) is 1.40. The van der Waals surface area contributed by atoms with Crippen molar-refractivity contribution in [3.8, 4) is 0 Å². The Morgan fingerprint density at radius 1 is 1.22 bits per heavy atom. The quantitative estimate of drug-likeness (QED) is 0.830. The number of benzene rings is 1. The molecule has 1 atom stereocenters. The smallest absolute Gasteiger partial charge is 0.325 e. The van der Waals surface area contributed by atoms with E-state index in [-0.39, 0.29) is 17.3 Å². The number of nitrogens with one attached hydrogen (secondary N) is 1. The Balaban J connectivity index is 2.34. The van der Waals surface area contributed by atoms with Gasteiger partial charge in [0.2, 0.25) is 5.78 Å². The summed E-state index contributed by atoms with van der Waals surface area (Å²) in [5.74, 6) is -1.75. The largest absolute Gasteiger partial charge is 0.480 e. The molecule has 92 valence electrons. The minimum absolute atomic E-state index is 0.0219. The summed E-state index contributed by atoms with van der Waals surface area (Å²) in [5.41, 5.74) is 0.662. The van der Waals surface area contributed by atoms with E-state index in [1.807, 2.05) is 0 Å². The minimum Gasteiger partial charge on any atom is -0.480 e. The lowest BCUT2D eigenvalue weighted by atomic mass is 9.92. The van der Waals surface area contributed by atoms with Gasteiger partial charge in [-0.1, -0.05) is 24.3 Å². The van der Waals surface area contributed by atoms with E-state index >= 15 is 0 Å². The molecule has 0 unspecified atom stereocenters. The van der Waals surface area contributed by atoms with Crippen LogP contribution >= 0.6 is 0 Å². The summed E-state index contributed by atoms with van der Waals surface area (Å²) in [4.78, 5) is 34.5. The molecule has 0 heterocycles. The Hall–Kier alpha value is -2.43. The predicted octanol–water partition coefficient (Wildman–Crippen LogP) is 1.01. The van der Waals surface area contributed by atoms with Crippen molar-refractivity contribution in [1.29, 1.82) is 0 Å². The van der Waals surface area contributed by atoms with E-state index in [1.54, 1.807) is 24.3 Å². The fourth-order valence-corrected chi connectivity index (χ4v) is 1.72. The van der Waals surface area contributed by atoms with Gasteiger partial charge in [0.05, 0.1) is 5.70 Å². The number of carbonyl (C=O) groups excluding carboxylic acids is 2. The SMILES string of the molecule is C[C@H](NC1=CC(=O)c2ccccc2C1=O)C(=O)O. The molecule has 0 saturated heterocycles. The molecule has 0 spiro atoms. The van der Waals surface area contributed by atoms with Crippen molar-refractivity contribution in [3.05, 3.63) is 47.2 Å². The Kier molecular flexibility index (Phi) is 2.97. The maximum Gasteiger partial charge on any atom is 0.325 e. The Bertz CT molecular complexity index is 574.